The van der Waals surface area contributed by atoms with Crippen molar-refractivity contribution in [3.05, 3.63) is 93.0 Å². The summed E-state index contributed by atoms with van der Waals surface area (Å²) in [5, 5.41) is 0.690. The van der Waals surface area contributed by atoms with Crippen molar-refractivity contribution in [3.8, 4) is 11.5 Å². The maximum absolute atomic E-state index is 13.6. The van der Waals surface area contributed by atoms with Gasteiger partial charge in [0.2, 0.25) is 0 Å². The average molecular weight is 442 g/mol. The third-order valence-electron chi connectivity index (χ3n) is 5.43. The van der Waals surface area contributed by atoms with Gasteiger partial charge in [0.15, 0.2) is 11.5 Å². The molecule has 3 aromatic rings. The molecule has 1 aliphatic rings. The molecule has 0 saturated carbocycles. The largest absolute Gasteiger partial charge is 0.493 e. The van der Waals surface area contributed by atoms with E-state index in [0.717, 1.165) is 16.7 Å². The summed E-state index contributed by atoms with van der Waals surface area (Å²) in [6, 6.07) is 18.7. The summed E-state index contributed by atoms with van der Waals surface area (Å²) in [7, 11) is 3.23. The highest BCUT2D eigenvalue weighted by Gasteiger charge is 2.35. The van der Waals surface area contributed by atoms with Crippen LogP contribution in [0.5, 0.6) is 11.5 Å². The third kappa shape index (κ3) is 3.62. The van der Waals surface area contributed by atoms with Crippen LogP contribution in [0, 0.1) is 0 Å². The van der Waals surface area contributed by atoms with Gasteiger partial charge in [-0.1, -0.05) is 59.6 Å². The van der Waals surface area contributed by atoms with Crippen molar-refractivity contribution in [1.82, 2.24) is 4.90 Å². The zero-order valence-electron chi connectivity index (χ0n) is 16.7. The quantitative estimate of drug-likeness (QED) is 0.513. The predicted molar refractivity (Wildman–Crippen MR) is 119 cm³/mol. The maximum Gasteiger partial charge on any atom is 0.257 e. The highest BCUT2D eigenvalue weighted by atomic mass is 35.5. The summed E-state index contributed by atoms with van der Waals surface area (Å²) >= 11 is 12.7. The van der Waals surface area contributed by atoms with E-state index in [1.54, 1.807) is 32.4 Å². The SMILES string of the molecule is COc1cc2c(cc1OC)[C@@H](c1ccccc1)N(C(=O)c1c(Cl)cccc1Cl)CC2. The Bertz CT molecular complexity index is 1070. The van der Waals surface area contributed by atoms with Crippen LogP contribution in [0.25, 0.3) is 0 Å². The van der Waals surface area contributed by atoms with Crippen LogP contribution >= 0.6 is 23.2 Å². The number of fused-ring (bicyclic) bond motifs is 1. The summed E-state index contributed by atoms with van der Waals surface area (Å²) in [6.45, 7) is 0.530. The van der Waals surface area contributed by atoms with Gasteiger partial charge in [0.25, 0.3) is 5.91 Å². The number of nitrogens with zero attached hydrogens (tertiary/aromatic N) is 1. The van der Waals surface area contributed by atoms with Crippen LogP contribution in [-0.4, -0.2) is 31.6 Å². The lowest BCUT2D eigenvalue weighted by molar-refractivity contribution is 0.0694. The summed E-state index contributed by atoms with van der Waals surface area (Å²) in [5.74, 6) is 1.11. The minimum absolute atomic E-state index is 0.195. The van der Waals surface area contributed by atoms with Crippen molar-refractivity contribution in [1.29, 1.82) is 0 Å². The van der Waals surface area contributed by atoms with Crippen molar-refractivity contribution in [2.45, 2.75) is 12.5 Å². The van der Waals surface area contributed by atoms with E-state index in [1.165, 1.54) is 0 Å². The molecule has 0 bridgehead atoms. The van der Waals surface area contributed by atoms with Crippen molar-refractivity contribution in [2.75, 3.05) is 20.8 Å². The molecule has 0 aliphatic carbocycles. The van der Waals surface area contributed by atoms with Gasteiger partial charge in [0, 0.05) is 6.54 Å². The van der Waals surface area contributed by atoms with Crippen LogP contribution in [0.2, 0.25) is 10.0 Å². The van der Waals surface area contributed by atoms with E-state index in [1.807, 2.05) is 47.4 Å². The van der Waals surface area contributed by atoms with E-state index < -0.39 is 0 Å². The maximum atomic E-state index is 13.6. The highest BCUT2D eigenvalue weighted by Crippen LogP contribution is 2.42. The zero-order valence-corrected chi connectivity index (χ0v) is 18.2. The first-order valence-corrected chi connectivity index (χ1v) is 10.4. The van der Waals surface area contributed by atoms with Crippen LogP contribution < -0.4 is 9.47 Å². The van der Waals surface area contributed by atoms with Crippen molar-refractivity contribution in [3.63, 3.8) is 0 Å². The van der Waals surface area contributed by atoms with Gasteiger partial charge in [0.1, 0.15) is 0 Å². The topological polar surface area (TPSA) is 38.8 Å². The Hall–Kier alpha value is -2.69. The van der Waals surface area contributed by atoms with E-state index in [4.69, 9.17) is 32.7 Å². The Morgan fingerprint density at radius 3 is 2.20 bits per heavy atom. The average Bonchev–Trinajstić information content (AvgIpc) is 2.77. The second kappa shape index (κ2) is 8.58. The molecule has 0 unspecified atom stereocenters. The van der Waals surface area contributed by atoms with Crippen LogP contribution in [0.1, 0.15) is 33.1 Å². The molecular weight excluding hydrogens is 421 g/mol. The number of rotatable bonds is 4. The Kier molecular flexibility index (Phi) is 5.89. The molecule has 4 nitrogen and oxygen atoms in total. The Morgan fingerprint density at radius 1 is 0.933 bits per heavy atom. The number of methoxy groups -OCH3 is 2. The van der Waals surface area contributed by atoms with Gasteiger partial charge < -0.3 is 14.4 Å². The van der Waals surface area contributed by atoms with Gasteiger partial charge in [-0.2, -0.15) is 0 Å². The molecule has 6 heteroatoms. The first-order valence-electron chi connectivity index (χ1n) is 9.60. The number of halogens is 2. The van der Waals surface area contributed by atoms with E-state index in [2.05, 4.69) is 0 Å². The molecule has 3 aromatic carbocycles. The first kappa shape index (κ1) is 20.6. The van der Waals surface area contributed by atoms with E-state index in [-0.39, 0.29) is 11.9 Å². The summed E-state index contributed by atoms with van der Waals surface area (Å²) < 4.78 is 11.0. The predicted octanol–water partition coefficient (Wildman–Crippen LogP) is 5.80. The van der Waals surface area contributed by atoms with Crippen LogP contribution in [0.15, 0.2) is 60.7 Å². The fourth-order valence-corrected chi connectivity index (χ4v) is 4.56. The van der Waals surface area contributed by atoms with E-state index in [9.17, 15) is 4.79 Å². The molecule has 1 atom stereocenters. The third-order valence-corrected chi connectivity index (χ3v) is 6.06. The second-order valence-electron chi connectivity index (χ2n) is 7.06. The first-order chi connectivity index (χ1) is 14.5. The molecule has 4 rings (SSSR count). The molecule has 0 fully saturated rings. The molecule has 1 aliphatic heterocycles. The standard InChI is InChI=1S/C24H21Cl2NO3/c1-29-20-13-16-11-12-27(24(28)22-18(25)9-6-10-19(22)26)23(15-7-4-3-5-8-15)17(16)14-21(20)30-2/h3-10,13-14,23H,11-12H2,1-2H3/t23-/m1/s1. The molecule has 0 aromatic heterocycles. The molecule has 154 valence electrons. The van der Waals surface area contributed by atoms with E-state index >= 15 is 0 Å². The second-order valence-corrected chi connectivity index (χ2v) is 7.88. The number of ether oxygens (including phenoxy) is 2. The Labute approximate surface area is 185 Å². The minimum atomic E-state index is -0.297. The molecule has 1 heterocycles. The number of amides is 1. The smallest absolute Gasteiger partial charge is 0.257 e. The molecule has 0 N–H and O–H groups in total. The van der Waals surface area contributed by atoms with Crippen molar-refractivity contribution < 1.29 is 14.3 Å². The van der Waals surface area contributed by atoms with Crippen molar-refractivity contribution in [2.24, 2.45) is 0 Å². The van der Waals surface area contributed by atoms with Crippen LogP contribution in [-0.2, 0) is 6.42 Å². The molecule has 0 radical (unpaired) electrons. The Morgan fingerprint density at radius 2 is 1.57 bits per heavy atom. The monoisotopic (exact) mass is 441 g/mol. The summed E-state index contributed by atoms with van der Waals surface area (Å²) in [4.78, 5) is 15.4. The van der Waals surface area contributed by atoms with Gasteiger partial charge >= 0.3 is 0 Å². The number of hydrogen-bond acceptors (Lipinski definition) is 3. The van der Waals surface area contributed by atoms with Crippen LogP contribution in [0.3, 0.4) is 0 Å². The highest BCUT2D eigenvalue weighted by molar-refractivity contribution is 6.39. The lowest BCUT2D eigenvalue weighted by Crippen LogP contribution is -2.41. The van der Waals surface area contributed by atoms with Gasteiger partial charge in [-0.05, 0) is 47.4 Å². The normalized spacial score (nSPS) is 15.5. The van der Waals surface area contributed by atoms with E-state index in [0.29, 0.717) is 40.1 Å². The lowest BCUT2D eigenvalue weighted by atomic mass is 9.87. The fourth-order valence-electron chi connectivity index (χ4n) is 4.01. The van der Waals surface area contributed by atoms with Gasteiger partial charge in [-0.25, -0.2) is 0 Å². The number of benzene rings is 3. The molecular formula is C24H21Cl2NO3. The van der Waals surface area contributed by atoms with Crippen molar-refractivity contribution >= 4 is 29.1 Å². The lowest BCUT2D eigenvalue weighted by Gasteiger charge is -2.38. The summed E-state index contributed by atoms with van der Waals surface area (Å²) in [6.07, 6.45) is 0.687. The van der Waals surface area contributed by atoms with Gasteiger partial charge in [-0.15, -0.1) is 0 Å². The summed E-state index contributed by atoms with van der Waals surface area (Å²) in [5.41, 5.74) is 3.45. The number of carbonyl (C=O) groups is 1. The molecule has 0 saturated heterocycles. The Balaban J connectivity index is 1.87. The zero-order chi connectivity index (χ0) is 21.3. The molecule has 1 amide bonds. The van der Waals surface area contributed by atoms with Gasteiger partial charge in [-0.3, -0.25) is 4.79 Å². The number of hydrogen-bond donors (Lipinski definition) is 0. The number of carbonyl (C=O) groups excluding carboxylic acids is 1. The fraction of sp³-hybridized carbons (Fsp3) is 0.208. The molecule has 30 heavy (non-hydrogen) atoms. The van der Waals surface area contributed by atoms with Gasteiger partial charge in [0.05, 0.1) is 35.9 Å². The minimum Gasteiger partial charge on any atom is -0.493 e. The molecule has 0 spiro atoms. The van der Waals surface area contributed by atoms with Crippen LogP contribution in [0.4, 0.5) is 0 Å².